The Bertz CT molecular complexity index is 1350. The molecule has 0 saturated heterocycles. The highest BCUT2D eigenvalue weighted by molar-refractivity contribution is 7.89. The van der Waals surface area contributed by atoms with E-state index in [4.69, 9.17) is 21.1 Å². The minimum absolute atomic E-state index is 0.175. The van der Waals surface area contributed by atoms with Crippen LogP contribution in [0.4, 0.5) is 0 Å². The molecule has 5 rings (SSSR count). The maximum absolute atomic E-state index is 14.0. The van der Waals surface area contributed by atoms with Gasteiger partial charge in [-0.1, -0.05) is 41.9 Å². The molecule has 0 N–H and O–H groups in total. The molecular weight excluding hydrogens is 458 g/mol. The molecule has 7 heteroatoms. The van der Waals surface area contributed by atoms with Crippen LogP contribution in [0.3, 0.4) is 0 Å². The van der Waals surface area contributed by atoms with Crippen molar-refractivity contribution in [2.45, 2.75) is 23.8 Å². The van der Waals surface area contributed by atoms with Crippen LogP contribution in [0.15, 0.2) is 77.2 Å². The number of fused-ring (bicyclic) bond motifs is 2. The molecule has 0 spiro atoms. The van der Waals surface area contributed by atoms with Gasteiger partial charge in [-0.05, 0) is 77.1 Å². The lowest BCUT2D eigenvalue weighted by Crippen LogP contribution is -2.39. The lowest BCUT2D eigenvalue weighted by Gasteiger charge is -2.37. The van der Waals surface area contributed by atoms with Crippen LogP contribution in [0.1, 0.15) is 29.2 Å². The first-order valence-corrected chi connectivity index (χ1v) is 12.6. The third-order valence-electron chi connectivity index (χ3n) is 6.45. The molecule has 1 aliphatic heterocycles. The van der Waals surface area contributed by atoms with Gasteiger partial charge in [0.15, 0.2) is 0 Å². The summed E-state index contributed by atoms with van der Waals surface area (Å²) in [6.07, 6.45) is 1.32. The molecule has 3 aromatic carbocycles. The Kier molecular flexibility index (Phi) is 5.69. The van der Waals surface area contributed by atoms with E-state index in [1.54, 1.807) is 35.7 Å². The van der Waals surface area contributed by atoms with Crippen molar-refractivity contribution >= 4 is 27.2 Å². The van der Waals surface area contributed by atoms with Crippen LogP contribution >= 0.6 is 11.6 Å². The summed E-state index contributed by atoms with van der Waals surface area (Å²) in [7, 11) is -0.728. The zero-order valence-electron chi connectivity index (χ0n) is 18.4. The number of hydrogen-bond acceptors (Lipinski definition) is 4. The summed E-state index contributed by atoms with van der Waals surface area (Å²) in [6.45, 7) is 0.363. The number of halogens is 1. The Morgan fingerprint density at radius 1 is 0.970 bits per heavy atom. The summed E-state index contributed by atoms with van der Waals surface area (Å²) >= 11 is 6.30. The first-order chi connectivity index (χ1) is 15.9. The lowest BCUT2D eigenvalue weighted by atomic mass is 9.90. The summed E-state index contributed by atoms with van der Waals surface area (Å²) in [6, 6.07) is 19.9. The van der Waals surface area contributed by atoms with Crippen molar-refractivity contribution in [2.75, 3.05) is 20.8 Å². The molecule has 0 aromatic heterocycles. The SMILES string of the molecule is COc1ccc(C2C3=C(CCN2S(=O)(=O)c2ccccc2OC)c2cc(Cl)ccc2C3)cc1. The molecule has 0 bridgehead atoms. The number of benzene rings is 3. The van der Waals surface area contributed by atoms with Gasteiger partial charge >= 0.3 is 0 Å². The Morgan fingerprint density at radius 3 is 2.45 bits per heavy atom. The van der Waals surface area contributed by atoms with Crippen molar-refractivity contribution < 1.29 is 17.9 Å². The van der Waals surface area contributed by atoms with Crippen LogP contribution < -0.4 is 9.47 Å². The molecule has 0 radical (unpaired) electrons. The molecule has 0 saturated carbocycles. The fourth-order valence-electron chi connectivity index (χ4n) is 4.92. The minimum atomic E-state index is -3.84. The summed E-state index contributed by atoms with van der Waals surface area (Å²) < 4.78 is 40.3. The molecule has 33 heavy (non-hydrogen) atoms. The van der Waals surface area contributed by atoms with E-state index < -0.39 is 16.1 Å². The van der Waals surface area contributed by atoms with Crippen molar-refractivity contribution in [1.29, 1.82) is 0 Å². The topological polar surface area (TPSA) is 55.8 Å². The second kappa shape index (κ2) is 8.52. The van der Waals surface area contributed by atoms with Crippen molar-refractivity contribution in [3.8, 4) is 11.5 Å². The van der Waals surface area contributed by atoms with Crippen LogP contribution in [-0.4, -0.2) is 33.5 Å². The average Bonchev–Trinajstić information content (AvgIpc) is 3.21. The van der Waals surface area contributed by atoms with Gasteiger partial charge in [-0.3, -0.25) is 0 Å². The number of hydrogen-bond donors (Lipinski definition) is 0. The van der Waals surface area contributed by atoms with Gasteiger partial charge in [0.05, 0.1) is 20.3 Å². The molecule has 0 amide bonds. The fraction of sp³-hybridized carbons (Fsp3) is 0.231. The Hall–Kier alpha value is -2.80. The van der Waals surface area contributed by atoms with Crippen LogP contribution in [0.2, 0.25) is 5.02 Å². The van der Waals surface area contributed by atoms with Gasteiger partial charge in [-0.25, -0.2) is 8.42 Å². The zero-order valence-corrected chi connectivity index (χ0v) is 20.0. The summed E-state index contributed by atoms with van der Waals surface area (Å²) in [5.74, 6) is 1.07. The van der Waals surface area contributed by atoms with Crippen LogP contribution in [0.5, 0.6) is 11.5 Å². The predicted molar refractivity (Wildman–Crippen MR) is 129 cm³/mol. The van der Waals surface area contributed by atoms with Gasteiger partial charge < -0.3 is 9.47 Å². The number of methoxy groups -OCH3 is 2. The van der Waals surface area contributed by atoms with Crippen molar-refractivity contribution in [3.63, 3.8) is 0 Å². The number of sulfonamides is 1. The second-order valence-electron chi connectivity index (χ2n) is 8.17. The monoisotopic (exact) mass is 481 g/mol. The van der Waals surface area contributed by atoms with E-state index in [1.165, 1.54) is 18.2 Å². The van der Waals surface area contributed by atoms with Crippen molar-refractivity contribution in [2.24, 2.45) is 0 Å². The Labute approximate surface area is 199 Å². The molecular formula is C26H24ClNO4S. The summed E-state index contributed by atoms with van der Waals surface area (Å²) in [5.41, 5.74) is 5.51. The first kappa shape index (κ1) is 22.0. The fourth-order valence-corrected chi connectivity index (χ4v) is 6.86. The van der Waals surface area contributed by atoms with E-state index >= 15 is 0 Å². The zero-order chi connectivity index (χ0) is 23.2. The first-order valence-electron chi connectivity index (χ1n) is 10.7. The number of nitrogens with zero attached hydrogens (tertiary/aromatic N) is 1. The highest BCUT2D eigenvalue weighted by Crippen LogP contribution is 2.49. The summed E-state index contributed by atoms with van der Waals surface area (Å²) in [4.78, 5) is 0.175. The van der Waals surface area contributed by atoms with Crippen molar-refractivity contribution in [1.82, 2.24) is 4.31 Å². The Morgan fingerprint density at radius 2 is 1.73 bits per heavy atom. The van der Waals surface area contributed by atoms with Gasteiger partial charge in [0.1, 0.15) is 16.4 Å². The Balaban J connectivity index is 1.67. The van der Waals surface area contributed by atoms with E-state index in [2.05, 4.69) is 0 Å². The normalized spacial score (nSPS) is 18.1. The molecule has 2 aliphatic rings. The highest BCUT2D eigenvalue weighted by atomic mass is 35.5. The second-order valence-corrected chi connectivity index (χ2v) is 10.5. The van der Waals surface area contributed by atoms with Crippen LogP contribution in [0.25, 0.3) is 5.57 Å². The van der Waals surface area contributed by atoms with E-state index in [-0.39, 0.29) is 4.90 Å². The molecule has 170 valence electrons. The molecule has 5 nitrogen and oxygen atoms in total. The van der Waals surface area contributed by atoms with Gasteiger partial charge in [0.2, 0.25) is 10.0 Å². The van der Waals surface area contributed by atoms with Crippen LogP contribution in [-0.2, 0) is 16.4 Å². The molecule has 1 aliphatic carbocycles. The third kappa shape index (κ3) is 3.72. The van der Waals surface area contributed by atoms with E-state index in [0.717, 1.165) is 22.4 Å². The number of para-hydroxylation sites is 1. The third-order valence-corrected chi connectivity index (χ3v) is 8.59. The van der Waals surface area contributed by atoms with E-state index in [9.17, 15) is 8.42 Å². The van der Waals surface area contributed by atoms with Gasteiger partial charge in [-0.2, -0.15) is 4.31 Å². The van der Waals surface area contributed by atoms with E-state index in [0.29, 0.717) is 30.2 Å². The maximum atomic E-state index is 14.0. The van der Waals surface area contributed by atoms with Crippen molar-refractivity contribution in [3.05, 3.63) is 94.0 Å². The maximum Gasteiger partial charge on any atom is 0.247 e. The van der Waals surface area contributed by atoms with Crippen LogP contribution in [0, 0.1) is 0 Å². The predicted octanol–water partition coefficient (Wildman–Crippen LogP) is 5.50. The smallest absolute Gasteiger partial charge is 0.247 e. The summed E-state index contributed by atoms with van der Waals surface area (Å²) in [5, 5.41) is 0.688. The highest BCUT2D eigenvalue weighted by Gasteiger charge is 2.42. The largest absolute Gasteiger partial charge is 0.497 e. The molecule has 1 atom stereocenters. The van der Waals surface area contributed by atoms with E-state index in [1.807, 2.05) is 42.5 Å². The molecule has 1 unspecified atom stereocenters. The lowest BCUT2D eigenvalue weighted by molar-refractivity contribution is 0.343. The molecule has 3 aromatic rings. The number of rotatable bonds is 5. The number of ether oxygens (including phenoxy) is 2. The standard InChI is InChI=1S/C26H24ClNO4S/c1-31-20-11-8-17(9-12-20)26-23-15-18-7-10-19(27)16-22(18)21(23)13-14-28(26)33(29,30)25-6-4-3-5-24(25)32-2/h3-12,16,26H,13-15H2,1-2H3. The quantitative estimate of drug-likeness (QED) is 0.482. The molecule has 1 heterocycles. The van der Waals surface area contributed by atoms with Gasteiger partial charge in [-0.15, -0.1) is 0 Å². The minimum Gasteiger partial charge on any atom is -0.497 e. The average molecular weight is 482 g/mol. The van der Waals surface area contributed by atoms with Gasteiger partial charge in [0.25, 0.3) is 0 Å². The molecule has 0 fully saturated rings. The van der Waals surface area contributed by atoms with Gasteiger partial charge in [0, 0.05) is 11.6 Å².